The monoisotopic (exact) mass is 527 g/mol. The van der Waals surface area contributed by atoms with E-state index in [1.807, 2.05) is 0 Å². The minimum Gasteiger partial charge on any atom is -0.486 e. The lowest BCUT2D eigenvalue weighted by molar-refractivity contribution is 0.0676. The predicted octanol–water partition coefficient (Wildman–Crippen LogP) is 4.77. The average Bonchev–Trinajstić information content (AvgIpc) is 2.86. The van der Waals surface area contributed by atoms with Gasteiger partial charge in [0.15, 0.2) is 11.5 Å². The van der Waals surface area contributed by atoms with Gasteiger partial charge in [0.1, 0.15) is 18.3 Å². The minimum atomic E-state index is -0.552. The Kier molecular flexibility index (Phi) is 7.04. The first-order valence-corrected chi connectivity index (χ1v) is 10.5. The van der Waals surface area contributed by atoms with Gasteiger partial charge in [0.05, 0.1) is 8.95 Å². The second kappa shape index (κ2) is 8.25. The fraction of sp³-hybridized carbons (Fsp3) is 0.647. The Labute approximate surface area is 169 Å². The summed E-state index contributed by atoms with van der Waals surface area (Å²) >= 11 is 10.8. The van der Waals surface area contributed by atoms with Gasteiger partial charge >= 0.3 is 0 Å². The van der Waals surface area contributed by atoms with Gasteiger partial charge in [0.25, 0.3) is 0 Å². The van der Waals surface area contributed by atoms with E-state index in [4.69, 9.17) is 9.47 Å². The van der Waals surface area contributed by atoms with Crippen molar-refractivity contribution in [3.05, 3.63) is 19.0 Å². The molecule has 0 bridgehead atoms. The number of hydrogen-bond acceptors (Lipinski definition) is 4. The highest BCUT2D eigenvalue weighted by molar-refractivity contribution is 9.14. The van der Waals surface area contributed by atoms with Gasteiger partial charge in [-0.25, -0.2) is 0 Å². The molecule has 1 aromatic rings. The summed E-state index contributed by atoms with van der Waals surface area (Å²) < 4.78 is 14.7. The number of aliphatic hydroxyl groups is 1. The summed E-state index contributed by atoms with van der Waals surface area (Å²) in [5.41, 5.74) is 0.812. The number of fused-ring (bicyclic) bond motifs is 1. The van der Waals surface area contributed by atoms with E-state index >= 15 is 0 Å². The number of likely N-dealkylation sites (N-methyl/N-ethyl adjacent to an activating group) is 1. The lowest BCUT2D eigenvalue weighted by atomic mass is 10.0. The molecule has 136 valence electrons. The minimum absolute atomic E-state index is 0.222. The third-order valence-corrected chi connectivity index (χ3v) is 7.58. The number of nitrogens with zero attached hydrogens (tertiary/aromatic N) is 1. The van der Waals surface area contributed by atoms with Gasteiger partial charge < -0.3 is 19.5 Å². The Balaban J connectivity index is 2.20. The van der Waals surface area contributed by atoms with Crippen molar-refractivity contribution in [3.8, 4) is 11.5 Å². The molecule has 7 heteroatoms. The normalized spacial score (nSPS) is 16.9. The Bertz CT molecular complexity index is 603. The maximum absolute atomic E-state index is 10.3. The van der Waals surface area contributed by atoms with E-state index < -0.39 is 6.10 Å². The van der Waals surface area contributed by atoms with Crippen LogP contribution in [0.15, 0.2) is 13.4 Å². The smallest absolute Gasteiger partial charge is 0.177 e. The maximum Gasteiger partial charge on any atom is 0.177 e. The van der Waals surface area contributed by atoms with Crippen LogP contribution < -0.4 is 9.47 Å². The zero-order valence-corrected chi connectivity index (χ0v) is 19.2. The Hall–Kier alpha value is 0.180. The molecule has 0 aromatic heterocycles. The van der Waals surface area contributed by atoms with Crippen LogP contribution in [0.2, 0.25) is 0 Å². The number of benzene rings is 1. The molecule has 0 radical (unpaired) electrons. The van der Waals surface area contributed by atoms with E-state index in [1.54, 1.807) is 0 Å². The fourth-order valence-corrected chi connectivity index (χ4v) is 4.51. The van der Waals surface area contributed by atoms with Gasteiger partial charge in [0, 0.05) is 23.0 Å². The summed E-state index contributed by atoms with van der Waals surface area (Å²) in [5.74, 6) is 1.39. The Morgan fingerprint density at radius 1 is 1.17 bits per heavy atom. The average molecular weight is 530 g/mol. The molecule has 0 amide bonds. The highest BCUT2D eigenvalue weighted by atomic mass is 79.9. The van der Waals surface area contributed by atoms with Crippen molar-refractivity contribution in [3.63, 3.8) is 0 Å². The van der Waals surface area contributed by atoms with Crippen molar-refractivity contribution < 1.29 is 14.6 Å². The number of rotatable bonds is 7. The van der Waals surface area contributed by atoms with E-state index in [0.29, 0.717) is 12.3 Å². The molecule has 1 atom stereocenters. The summed E-state index contributed by atoms with van der Waals surface area (Å²) in [6.07, 6.45) is 0.247. The number of aliphatic hydroxyl groups excluding tert-OH is 1. The maximum atomic E-state index is 10.3. The van der Waals surface area contributed by atoms with Crippen LogP contribution in [0.3, 0.4) is 0 Å². The summed E-state index contributed by atoms with van der Waals surface area (Å²) in [6, 6.07) is 0. The van der Waals surface area contributed by atoms with E-state index in [1.165, 1.54) is 0 Å². The first kappa shape index (κ1) is 20.5. The molecule has 1 aromatic carbocycles. The number of hydrogen-bond donors (Lipinski definition) is 1. The third kappa shape index (κ3) is 4.47. The zero-order valence-electron chi connectivity index (χ0n) is 14.5. The van der Waals surface area contributed by atoms with Crippen LogP contribution in [-0.4, -0.2) is 48.0 Å². The van der Waals surface area contributed by atoms with Crippen LogP contribution >= 0.6 is 47.8 Å². The van der Waals surface area contributed by atoms with E-state index in [0.717, 1.165) is 44.2 Å². The topological polar surface area (TPSA) is 41.9 Å². The Morgan fingerprint density at radius 3 is 2.38 bits per heavy atom. The molecule has 24 heavy (non-hydrogen) atoms. The highest BCUT2D eigenvalue weighted by Gasteiger charge is 2.37. The quantitative estimate of drug-likeness (QED) is 0.517. The van der Waals surface area contributed by atoms with E-state index in [2.05, 4.69) is 80.4 Å². The molecule has 0 aliphatic carbocycles. The summed E-state index contributed by atoms with van der Waals surface area (Å²) in [6.45, 7) is 10.9. The van der Waals surface area contributed by atoms with Crippen molar-refractivity contribution in [1.82, 2.24) is 4.90 Å². The van der Waals surface area contributed by atoms with E-state index in [9.17, 15) is 5.11 Å². The first-order valence-electron chi connectivity index (χ1n) is 8.11. The van der Waals surface area contributed by atoms with Crippen LogP contribution in [0.1, 0.15) is 33.3 Å². The molecule has 1 N–H and O–H groups in total. The lowest BCUT2D eigenvalue weighted by Gasteiger charge is -2.23. The van der Waals surface area contributed by atoms with Gasteiger partial charge in [-0.15, -0.1) is 0 Å². The SMILES string of the molecule is CCN(CC)CC(O)COc1c(Br)c(Br)c(Br)c2c1OC(C)(C)C2. The largest absolute Gasteiger partial charge is 0.486 e. The van der Waals surface area contributed by atoms with Gasteiger partial charge in [0.2, 0.25) is 0 Å². The first-order chi connectivity index (χ1) is 11.2. The molecule has 0 fully saturated rings. The summed E-state index contributed by atoms with van der Waals surface area (Å²) in [4.78, 5) is 2.17. The second-order valence-corrected chi connectivity index (χ2v) is 8.95. The third-order valence-electron chi connectivity index (χ3n) is 4.09. The number of ether oxygens (including phenoxy) is 2. The molecule has 2 rings (SSSR count). The fourth-order valence-electron chi connectivity index (χ4n) is 2.81. The van der Waals surface area contributed by atoms with E-state index in [-0.39, 0.29) is 12.2 Å². The van der Waals surface area contributed by atoms with Crippen molar-refractivity contribution in [2.75, 3.05) is 26.2 Å². The molecule has 4 nitrogen and oxygen atoms in total. The standard InChI is InChI=1S/C17H24Br3NO3/c1-5-21(6-2)8-10(22)9-23-16-14(20)13(19)12(18)11-7-17(3,4)24-15(11)16/h10,22H,5-9H2,1-4H3. The van der Waals surface area contributed by atoms with Gasteiger partial charge in [-0.2, -0.15) is 0 Å². The summed E-state index contributed by atoms with van der Waals surface area (Å²) in [5, 5.41) is 10.3. The van der Waals surface area contributed by atoms with Gasteiger partial charge in [-0.05, 0) is 74.7 Å². The van der Waals surface area contributed by atoms with Gasteiger partial charge in [-0.1, -0.05) is 13.8 Å². The molecule has 0 spiro atoms. The lowest BCUT2D eigenvalue weighted by Crippen LogP contribution is -2.35. The molecule has 0 saturated carbocycles. The van der Waals surface area contributed by atoms with Crippen LogP contribution in [0.4, 0.5) is 0 Å². The van der Waals surface area contributed by atoms with Crippen molar-refractivity contribution in [2.45, 2.75) is 45.8 Å². The summed E-state index contributed by atoms with van der Waals surface area (Å²) in [7, 11) is 0. The molecular weight excluding hydrogens is 506 g/mol. The molecule has 1 aliphatic rings. The molecule has 1 unspecified atom stereocenters. The molecule has 1 aliphatic heterocycles. The predicted molar refractivity (Wildman–Crippen MR) is 107 cm³/mol. The Morgan fingerprint density at radius 2 is 1.79 bits per heavy atom. The van der Waals surface area contributed by atoms with Crippen LogP contribution in [0, 0.1) is 0 Å². The molecule has 0 saturated heterocycles. The molecular formula is C17H24Br3NO3. The molecule has 1 heterocycles. The second-order valence-electron chi connectivity index (χ2n) is 6.57. The van der Waals surface area contributed by atoms with Crippen molar-refractivity contribution >= 4 is 47.8 Å². The number of halogens is 3. The van der Waals surface area contributed by atoms with Gasteiger partial charge in [-0.3, -0.25) is 0 Å². The van der Waals surface area contributed by atoms with Crippen molar-refractivity contribution in [2.24, 2.45) is 0 Å². The van der Waals surface area contributed by atoms with Crippen LogP contribution in [-0.2, 0) is 6.42 Å². The van der Waals surface area contributed by atoms with Crippen LogP contribution in [0.25, 0.3) is 0 Å². The van der Waals surface area contributed by atoms with Crippen molar-refractivity contribution in [1.29, 1.82) is 0 Å². The zero-order chi connectivity index (χ0) is 18.1. The van der Waals surface area contributed by atoms with Crippen LogP contribution in [0.5, 0.6) is 11.5 Å². The highest BCUT2D eigenvalue weighted by Crippen LogP contribution is 2.53.